The summed E-state index contributed by atoms with van der Waals surface area (Å²) in [4.78, 5) is 16.2. The first-order valence-corrected chi connectivity index (χ1v) is 10.3. The summed E-state index contributed by atoms with van der Waals surface area (Å²) in [5.41, 5.74) is 5.33. The molecule has 1 aliphatic rings. The molecule has 0 saturated heterocycles. The van der Waals surface area contributed by atoms with Crippen LogP contribution < -0.4 is 4.90 Å². The molecule has 3 rings (SSSR count). The Morgan fingerprint density at radius 2 is 1.78 bits per heavy atom. The third-order valence-corrected chi connectivity index (χ3v) is 7.91. The first-order chi connectivity index (χ1) is 10.7. The van der Waals surface area contributed by atoms with Crippen molar-refractivity contribution >= 4 is 44.5 Å². The highest BCUT2D eigenvalue weighted by atomic mass is 32.9. The first-order valence-electron chi connectivity index (χ1n) is 7.75. The standard InChI is InChI=1S/C18H21NOS3/c1-9(2)16(20)19-13-8-11(4)10(3)7-12(13)14-15(18(19,5)6)22-23-17(14)21/h7-9H,1-6H3. The number of amides is 1. The number of anilines is 1. The molecule has 0 saturated carbocycles. The van der Waals surface area contributed by atoms with Gasteiger partial charge in [0.1, 0.15) is 3.82 Å². The van der Waals surface area contributed by atoms with E-state index in [1.807, 2.05) is 18.7 Å². The Morgan fingerprint density at radius 1 is 1.17 bits per heavy atom. The van der Waals surface area contributed by atoms with Crippen molar-refractivity contribution in [1.82, 2.24) is 0 Å². The molecule has 1 aromatic carbocycles. The fourth-order valence-corrected chi connectivity index (χ4v) is 6.42. The van der Waals surface area contributed by atoms with Gasteiger partial charge in [-0.25, -0.2) is 0 Å². The third-order valence-electron chi connectivity index (χ3n) is 4.58. The summed E-state index contributed by atoms with van der Waals surface area (Å²) >= 11 is 5.61. The summed E-state index contributed by atoms with van der Waals surface area (Å²) < 4.78 is 0.930. The minimum atomic E-state index is -0.371. The van der Waals surface area contributed by atoms with Gasteiger partial charge in [-0.3, -0.25) is 4.79 Å². The van der Waals surface area contributed by atoms with Gasteiger partial charge in [0, 0.05) is 17.0 Å². The van der Waals surface area contributed by atoms with Crippen LogP contribution >= 0.6 is 32.9 Å². The molecule has 1 aliphatic heterocycles. The highest BCUT2D eigenvalue weighted by molar-refractivity contribution is 7.80. The van der Waals surface area contributed by atoms with Crippen molar-refractivity contribution in [2.24, 2.45) is 5.92 Å². The van der Waals surface area contributed by atoms with E-state index in [0.717, 1.165) is 20.6 Å². The number of fused-ring (bicyclic) bond motifs is 3. The number of rotatable bonds is 1. The van der Waals surface area contributed by atoms with E-state index in [0.29, 0.717) is 0 Å². The zero-order valence-electron chi connectivity index (χ0n) is 14.3. The molecule has 2 aromatic rings. The van der Waals surface area contributed by atoms with Crippen LogP contribution in [0.4, 0.5) is 5.69 Å². The smallest absolute Gasteiger partial charge is 0.230 e. The van der Waals surface area contributed by atoms with Gasteiger partial charge >= 0.3 is 0 Å². The van der Waals surface area contributed by atoms with Crippen LogP contribution in [0.3, 0.4) is 0 Å². The lowest BCUT2D eigenvalue weighted by Crippen LogP contribution is -2.49. The van der Waals surface area contributed by atoms with Gasteiger partial charge in [0.15, 0.2) is 0 Å². The molecule has 0 aliphatic carbocycles. The minimum absolute atomic E-state index is 0.0445. The Bertz CT molecular complexity index is 858. The van der Waals surface area contributed by atoms with Crippen molar-refractivity contribution in [2.75, 3.05) is 4.90 Å². The molecule has 0 N–H and O–H groups in total. The second-order valence-corrected chi connectivity index (χ2v) is 9.82. The van der Waals surface area contributed by atoms with E-state index in [2.05, 4.69) is 39.8 Å². The van der Waals surface area contributed by atoms with E-state index in [9.17, 15) is 4.79 Å². The predicted octanol–water partition coefficient (Wildman–Crippen LogP) is 6.06. The van der Waals surface area contributed by atoms with E-state index in [1.54, 1.807) is 20.7 Å². The number of benzene rings is 1. The van der Waals surface area contributed by atoms with Gasteiger partial charge in [0.2, 0.25) is 5.91 Å². The predicted molar refractivity (Wildman–Crippen MR) is 103 cm³/mol. The number of carbonyl (C=O) groups excluding carboxylic acids is 1. The lowest BCUT2D eigenvalue weighted by Gasteiger charge is -2.44. The van der Waals surface area contributed by atoms with Crippen LogP contribution in [-0.2, 0) is 10.3 Å². The van der Waals surface area contributed by atoms with Crippen LogP contribution in [0.1, 0.15) is 43.7 Å². The van der Waals surface area contributed by atoms with E-state index in [-0.39, 0.29) is 17.4 Å². The van der Waals surface area contributed by atoms with Gasteiger partial charge < -0.3 is 4.90 Å². The highest BCUT2D eigenvalue weighted by Gasteiger charge is 2.43. The zero-order chi connectivity index (χ0) is 17.1. The van der Waals surface area contributed by atoms with Crippen LogP contribution in [0.15, 0.2) is 12.1 Å². The van der Waals surface area contributed by atoms with Crippen LogP contribution in [0.2, 0.25) is 0 Å². The lowest BCUT2D eigenvalue weighted by atomic mass is 9.85. The Morgan fingerprint density at radius 3 is 2.39 bits per heavy atom. The molecule has 0 fully saturated rings. The molecule has 0 spiro atoms. The molecular weight excluding hydrogens is 342 g/mol. The fraction of sp³-hybridized carbons (Fsp3) is 0.444. The molecule has 0 bridgehead atoms. The fourth-order valence-electron chi connectivity index (χ4n) is 3.14. The highest BCUT2D eigenvalue weighted by Crippen LogP contribution is 2.52. The molecule has 0 unspecified atom stereocenters. The topological polar surface area (TPSA) is 20.3 Å². The summed E-state index contributed by atoms with van der Waals surface area (Å²) in [6, 6.07) is 4.33. The summed E-state index contributed by atoms with van der Waals surface area (Å²) in [6.45, 7) is 12.4. The Kier molecular flexibility index (Phi) is 4.02. The Labute approximate surface area is 150 Å². The summed E-state index contributed by atoms with van der Waals surface area (Å²) in [6.07, 6.45) is 0. The number of carbonyl (C=O) groups is 1. The van der Waals surface area contributed by atoms with Gasteiger partial charge in [0.05, 0.1) is 16.1 Å². The lowest BCUT2D eigenvalue weighted by molar-refractivity contribution is -0.122. The maximum absolute atomic E-state index is 13.0. The molecule has 0 atom stereocenters. The van der Waals surface area contributed by atoms with Gasteiger partial charge in [-0.1, -0.05) is 46.7 Å². The molecule has 2 nitrogen and oxygen atoms in total. The largest absolute Gasteiger partial charge is 0.301 e. The van der Waals surface area contributed by atoms with Gasteiger partial charge in [-0.2, -0.15) is 0 Å². The Balaban J connectivity index is 2.40. The van der Waals surface area contributed by atoms with Crippen molar-refractivity contribution in [1.29, 1.82) is 0 Å². The molecule has 2 heterocycles. The molecule has 1 amide bonds. The molecule has 23 heavy (non-hydrogen) atoms. The Hall–Kier alpha value is -1.04. The maximum Gasteiger partial charge on any atom is 0.230 e. The number of hydrogen-bond donors (Lipinski definition) is 0. The van der Waals surface area contributed by atoms with Crippen molar-refractivity contribution < 1.29 is 4.79 Å². The SMILES string of the molecule is Cc1cc2c(cc1C)N(C(=O)C(C)C)C(C)(C)c1ssc(=S)c1-2. The maximum atomic E-state index is 13.0. The summed E-state index contributed by atoms with van der Waals surface area (Å²) in [5, 5.41) is 0. The van der Waals surface area contributed by atoms with Gasteiger partial charge in [-0.15, -0.1) is 0 Å². The van der Waals surface area contributed by atoms with E-state index in [1.165, 1.54) is 16.0 Å². The molecule has 5 heteroatoms. The quantitative estimate of drug-likeness (QED) is 0.453. The van der Waals surface area contributed by atoms with Crippen LogP contribution in [0, 0.1) is 23.6 Å². The van der Waals surface area contributed by atoms with E-state index in [4.69, 9.17) is 12.2 Å². The number of hydrogen-bond acceptors (Lipinski definition) is 4. The molecular formula is C18H21NOS3. The van der Waals surface area contributed by atoms with Crippen LogP contribution in [-0.4, -0.2) is 5.91 Å². The molecule has 1 aromatic heterocycles. The van der Waals surface area contributed by atoms with Crippen molar-refractivity contribution in [3.63, 3.8) is 0 Å². The van der Waals surface area contributed by atoms with Crippen LogP contribution in [0.5, 0.6) is 0 Å². The number of nitrogens with zero attached hydrogens (tertiary/aromatic N) is 1. The van der Waals surface area contributed by atoms with Gasteiger partial charge in [-0.05, 0) is 51.0 Å². The second kappa shape index (κ2) is 5.50. The van der Waals surface area contributed by atoms with E-state index >= 15 is 0 Å². The summed E-state index contributed by atoms with van der Waals surface area (Å²) in [7, 11) is 3.35. The van der Waals surface area contributed by atoms with Crippen molar-refractivity contribution in [2.45, 2.75) is 47.1 Å². The zero-order valence-corrected chi connectivity index (χ0v) is 16.8. The van der Waals surface area contributed by atoms with Crippen molar-refractivity contribution in [3.05, 3.63) is 32.0 Å². The summed E-state index contributed by atoms with van der Waals surface area (Å²) in [5.74, 6) is 0.117. The molecule has 0 radical (unpaired) electrons. The average Bonchev–Trinajstić information content (AvgIpc) is 2.84. The second-order valence-electron chi connectivity index (χ2n) is 7.00. The third kappa shape index (κ3) is 2.41. The van der Waals surface area contributed by atoms with Gasteiger partial charge in [0.25, 0.3) is 0 Å². The van der Waals surface area contributed by atoms with Crippen molar-refractivity contribution in [3.8, 4) is 11.1 Å². The van der Waals surface area contributed by atoms with E-state index < -0.39 is 0 Å². The van der Waals surface area contributed by atoms with Crippen LogP contribution in [0.25, 0.3) is 11.1 Å². The number of aryl methyl sites for hydroxylation is 2. The first kappa shape index (κ1) is 16.8. The minimum Gasteiger partial charge on any atom is -0.301 e. The molecule has 122 valence electrons. The monoisotopic (exact) mass is 363 g/mol. The average molecular weight is 364 g/mol. The normalized spacial score (nSPS) is 15.5.